The Hall–Kier alpha value is -1.14. The van der Waals surface area contributed by atoms with Gasteiger partial charge in [-0.15, -0.1) is 0 Å². The summed E-state index contributed by atoms with van der Waals surface area (Å²) in [5, 5.41) is 8.80. The third-order valence-electron chi connectivity index (χ3n) is 3.02. The summed E-state index contributed by atoms with van der Waals surface area (Å²) in [5.74, 6) is -1.22. The number of aliphatic carboxylic acids is 1. The Kier molecular flexibility index (Phi) is 5.37. The quantitative estimate of drug-likeness (QED) is 0.630. The molecule has 0 spiro atoms. The van der Waals surface area contributed by atoms with Crippen molar-refractivity contribution in [2.45, 2.75) is 6.92 Å². The number of carboxylic acids is 1. The lowest BCUT2D eigenvalue weighted by Gasteiger charge is -2.41. The molecule has 1 unspecified atom stereocenters. The molecule has 0 aliphatic carbocycles. The zero-order chi connectivity index (χ0) is 12.8. The van der Waals surface area contributed by atoms with E-state index in [0.29, 0.717) is 26.3 Å². The molecule has 1 fully saturated rings. The maximum Gasteiger partial charge on any atom is 0.306 e. The molecular formula is C11H19NO5. The van der Waals surface area contributed by atoms with Crippen LogP contribution >= 0.6 is 0 Å². The molecule has 17 heavy (non-hydrogen) atoms. The lowest BCUT2D eigenvalue weighted by Crippen LogP contribution is -2.54. The highest BCUT2D eigenvalue weighted by atomic mass is 16.5. The number of carbonyl (C=O) groups excluding carboxylic acids is 1. The second-order valence-corrected chi connectivity index (χ2v) is 4.23. The minimum atomic E-state index is -0.807. The Balaban J connectivity index is 2.14. The van der Waals surface area contributed by atoms with Crippen LogP contribution in [0.2, 0.25) is 0 Å². The summed E-state index contributed by atoms with van der Waals surface area (Å²) in [4.78, 5) is 23.9. The Labute approximate surface area is 100 Å². The third-order valence-corrected chi connectivity index (χ3v) is 3.02. The summed E-state index contributed by atoms with van der Waals surface area (Å²) in [5.41, 5.74) is 0. The number of ether oxygens (including phenoxy) is 2. The molecule has 1 heterocycles. The van der Waals surface area contributed by atoms with Crippen LogP contribution in [0.5, 0.6) is 0 Å². The largest absolute Gasteiger partial charge is 0.481 e. The van der Waals surface area contributed by atoms with E-state index in [2.05, 4.69) is 0 Å². The Bertz CT molecular complexity index is 275. The monoisotopic (exact) mass is 245 g/mol. The summed E-state index contributed by atoms with van der Waals surface area (Å²) < 4.78 is 9.89. The highest BCUT2D eigenvalue weighted by molar-refractivity contribution is 5.79. The molecule has 1 rings (SSSR count). The minimum Gasteiger partial charge on any atom is -0.481 e. The summed E-state index contributed by atoms with van der Waals surface area (Å²) in [6.45, 7) is 3.60. The van der Waals surface area contributed by atoms with Gasteiger partial charge in [-0.25, -0.2) is 0 Å². The van der Waals surface area contributed by atoms with Gasteiger partial charge in [0, 0.05) is 26.1 Å². The topological polar surface area (TPSA) is 76.1 Å². The van der Waals surface area contributed by atoms with Crippen LogP contribution in [0.15, 0.2) is 0 Å². The molecule has 6 heteroatoms. The molecule has 1 aliphatic rings. The minimum absolute atomic E-state index is 0.0392. The van der Waals surface area contributed by atoms with E-state index >= 15 is 0 Å². The molecular weight excluding hydrogens is 226 g/mol. The maximum atomic E-state index is 11.5. The SMILES string of the molecule is COCCOCC(=O)N1CC(C(C)C(=O)O)C1. The number of nitrogens with zero attached hydrogens (tertiary/aromatic N) is 1. The van der Waals surface area contributed by atoms with Crippen molar-refractivity contribution in [3.05, 3.63) is 0 Å². The van der Waals surface area contributed by atoms with E-state index < -0.39 is 11.9 Å². The fourth-order valence-electron chi connectivity index (χ4n) is 1.63. The van der Waals surface area contributed by atoms with Crippen LogP contribution < -0.4 is 0 Å². The van der Waals surface area contributed by atoms with Crippen LogP contribution in [-0.2, 0) is 19.1 Å². The van der Waals surface area contributed by atoms with Crippen LogP contribution in [0.4, 0.5) is 0 Å². The summed E-state index contributed by atoms with van der Waals surface area (Å²) in [6, 6.07) is 0. The summed E-state index contributed by atoms with van der Waals surface area (Å²) in [7, 11) is 1.57. The zero-order valence-electron chi connectivity index (χ0n) is 10.2. The standard InChI is InChI=1S/C11H19NO5/c1-8(11(14)15)9-5-12(6-9)10(13)7-17-4-3-16-2/h8-9H,3-7H2,1-2H3,(H,14,15). The number of amides is 1. The molecule has 1 aliphatic heterocycles. The first kappa shape index (κ1) is 13.9. The fourth-order valence-corrected chi connectivity index (χ4v) is 1.63. The Morgan fingerprint density at radius 1 is 1.41 bits per heavy atom. The van der Waals surface area contributed by atoms with Gasteiger partial charge < -0.3 is 19.5 Å². The molecule has 0 aromatic carbocycles. The first-order chi connectivity index (χ1) is 8.06. The van der Waals surface area contributed by atoms with Gasteiger partial charge in [-0.05, 0) is 0 Å². The van der Waals surface area contributed by atoms with Gasteiger partial charge in [0.25, 0.3) is 0 Å². The van der Waals surface area contributed by atoms with Gasteiger partial charge in [-0.1, -0.05) is 6.92 Å². The highest BCUT2D eigenvalue weighted by Crippen LogP contribution is 2.23. The average Bonchev–Trinajstić information content (AvgIpc) is 2.22. The first-order valence-electron chi connectivity index (χ1n) is 5.63. The van der Waals surface area contributed by atoms with Gasteiger partial charge in [0.15, 0.2) is 0 Å². The zero-order valence-corrected chi connectivity index (χ0v) is 10.2. The fraction of sp³-hybridized carbons (Fsp3) is 0.818. The Morgan fingerprint density at radius 2 is 2.06 bits per heavy atom. The van der Waals surface area contributed by atoms with Gasteiger partial charge >= 0.3 is 5.97 Å². The molecule has 1 N–H and O–H groups in total. The highest BCUT2D eigenvalue weighted by Gasteiger charge is 2.36. The van der Waals surface area contributed by atoms with E-state index in [4.69, 9.17) is 14.6 Å². The number of hydrogen-bond acceptors (Lipinski definition) is 4. The van der Waals surface area contributed by atoms with Gasteiger partial charge in [0.1, 0.15) is 6.61 Å². The van der Waals surface area contributed by atoms with Gasteiger partial charge in [0.05, 0.1) is 19.1 Å². The average molecular weight is 245 g/mol. The van der Waals surface area contributed by atoms with Crippen molar-refractivity contribution in [1.29, 1.82) is 0 Å². The van der Waals surface area contributed by atoms with Crippen LogP contribution in [0.1, 0.15) is 6.92 Å². The lowest BCUT2D eigenvalue weighted by molar-refractivity contribution is -0.152. The van der Waals surface area contributed by atoms with Crippen molar-refractivity contribution in [2.75, 3.05) is 40.0 Å². The molecule has 0 aromatic rings. The van der Waals surface area contributed by atoms with Crippen LogP contribution in [0, 0.1) is 11.8 Å². The van der Waals surface area contributed by atoms with E-state index in [1.807, 2.05) is 0 Å². The number of carbonyl (C=O) groups is 2. The second-order valence-electron chi connectivity index (χ2n) is 4.23. The molecule has 1 atom stereocenters. The van der Waals surface area contributed by atoms with E-state index in [1.165, 1.54) is 0 Å². The summed E-state index contributed by atoms with van der Waals surface area (Å²) >= 11 is 0. The van der Waals surface area contributed by atoms with Crippen molar-refractivity contribution >= 4 is 11.9 Å². The predicted molar refractivity (Wildman–Crippen MR) is 59.6 cm³/mol. The number of rotatable bonds is 7. The lowest BCUT2D eigenvalue weighted by atomic mass is 9.87. The van der Waals surface area contributed by atoms with Crippen LogP contribution in [0.25, 0.3) is 0 Å². The number of methoxy groups -OCH3 is 1. The number of carboxylic acid groups (broad SMARTS) is 1. The second kappa shape index (κ2) is 6.56. The third kappa shape index (κ3) is 3.98. The van der Waals surface area contributed by atoms with Gasteiger partial charge in [0.2, 0.25) is 5.91 Å². The van der Waals surface area contributed by atoms with E-state index in [-0.39, 0.29) is 18.4 Å². The molecule has 0 saturated carbocycles. The van der Waals surface area contributed by atoms with E-state index in [0.717, 1.165) is 0 Å². The number of likely N-dealkylation sites (tertiary alicyclic amines) is 1. The Morgan fingerprint density at radius 3 is 2.59 bits per heavy atom. The van der Waals surface area contributed by atoms with Crippen LogP contribution in [-0.4, -0.2) is 61.9 Å². The smallest absolute Gasteiger partial charge is 0.306 e. The normalized spacial score (nSPS) is 17.6. The van der Waals surface area contributed by atoms with Crippen molar-refractivity contribution in [3.8, 4) is 0 Å². The van der Waals surface area contributed by atoms with E-state index in [1.54, 1.807) is 18.9 Å². The summed E-state index contributed by atoms with van der Waals surface area (Å²) in [6.07, 6.45) is 0. The van der Waals surface area contributed by atoms with Crippen molar-refractivity contribution in [1.82, 2.24) is 4.90 Å². The first-order valence-corrected chi connectivity index (χ1v) is 5.63. The molecule has 0 aromatic heterocycles. The predicted octanol–water partition coefficient (Wildman–Crippen LogP) is -0.171. The molecule has 1 saturated heterocycles. The van der Waals surface area contributed by atoms with E-state index in [9.17, 15) is 9.59 Å². The van der Waals surface area contributed by atoms with Crippen molar-refractivity contribution in [3.63, 3.8) is 0 Å². The van der Waals surface area contributed by atoms with Crippen molar-refractivity contribution in [2.24, 2.45) is 11.8 Å². The van der Waals surface area contributed by atoms with Gasteiger partial charge in [-0.3, -0.25) is 9.59 Å². The van der Waals surface area contributed by atoms with Crippen LogP contribution in [0.3, 0.4) is 0 Å². The van der Waals surface area contributed by atoms with Crippen molar-refractivity contribution < 1.29 is 24.2 Å². The molecule has 0 radical (unpaired) electrons. The molecule has 98 valence electrons. The molecule has 1 amide bonds. The molecule has 0 bridgehead atoms. The molecule has 6 nitrogen and oxygen atoms in total. The maximum absolute atomic E-state index is 11.5. The van der Waals surface area contributed by atoms with Gasteiger partial charge in [-0.2, -0.15) is 0 Å². The number of hydrogen-bond donors (Lipinski definition) is 1.